The Balaban J connectivity index is 2.23. The maximum absolute atomic E-state index is 10.6. The third kappa shape index (κ3) is 4.39. The number of carbonyl (C=O) groups is 1. The van der Waals surface area contributed by atoms with Gasteiger partial charge in [-0.2, -0.15) is 5.48 Å². The summed E-state index contributed by atoms with van der Waals surface area (Å²) in [5.41, 5.74) is 2.73. The maximum atomic E-state index is 10.6. The van der Waals surface area contributed by atoms with Crippen LogP contribution in [0.2, 0.25) is 0 Å². The summed E-state index contributed by atoms with van der Waals surface area (Å²) in [4.78, 5) is 16.9. The molecule has 0 aliphatic rings. The van der Waals surface area contributed by atoms with Gasteiger partial charge in [0.1, 0.15) is 4.88 Å². The summed E-state index contributed by atoms with van der Waals surface area (Å²) >= 11 is 1.23. The topological polar surface area (TPSA) is 67.8 Å². The molecule has 0 saturated heterocycles. The van der Waals surface area contributed by atoms with Crippen molar-refractivity contribution < 1.29 is 19.5 Å². The first-order valence-corrected chi connectivity index (χ1v) is 5.21. The third-order valence-electron chi connectivity index (χ3n) is 1.61. The molecule has 1 aromatic heterocycles. The molecule has 1 aromatic rings. The smallest absolute Gasteiger partial charge is 0.345 e. The second-order valence-corrected chi connectivity index (χ2v) is 3.90. The van der Waals surface area contributed by atoms with Crippen LogP contribution in [-0.2, 0) is 16.1 Å². The van der Waals surface area contributed by atoms with Crippen molar-refractivity contribution in [2.45, 2.75) is 6.54 Å². The van der Waals surface area contributed by atoms with Crippen molar-refractivity contribution >= 4 is 17.3 Å². The Morgan fingerprint density at radius 3 is 2.93 bits per heavy atom. The van der Waals surface area contributed by atoms with E-state index in [1.54, 1.807) is 19.2 Å². The monoisotopic (exact) mass is 231 g/mol. The lowest BCUT2D eigenvalue weighted by atomic mass is 10.4. The minimum atomic E-state index is -0.897. The van der Waals surface area contributed by atoms with Gasteiger partial charge in [0.25, 0.3) is 0 Å². The fraction of sp³-hybridized carbons (Fsp3) is 0.444. The molecule has 0 unspecified atom stereocenters. The van der Waals surface area contributed by atoms with E-state index in [9.17, 15) is 4.79 Å². The Morgan fingerprint density at radius 1 is 1.53 bits per heavy atom. The number of hydrogen-bond acceptors (Lipinski definition) is 5. The summed E-state index contributed by atoms with van der Waals surface area (Å²) in [6.45, 7) is 1.49. The molecule has 5 nitrogen and oxygen atoms in total. The van der Waals surface area contributed by atoms with Gasteiger partial charge in [0.15, 0.2) is 0 Å². The molecule has 1 heterocycles. The van der Waals surface area contributed by atoms with Gasteiger partial charge in [-0.05, 0) is 12.1 Å². The van der Waals surface area contributed by atoms with Gasteiger partial charge in [-0.3, -0.25) is 4.84 Å². The van der Waals surface area contributed by atoms with Crippen LogP contribution in [-0.4, -0.2) is 31.4 Å². The van der Waals surface area contributed by atoms with Crippen LogP contribution in [0, 0.1) is 0 Å². The third-order valence-corrected chi connectivity index (χ3v) is 2.68. The Labute approximate surface area is 91.6 Å². The zero-order chi connectivity index (χ0) is 11.1. The van der Waals surface area contributed by atoms with Crippen molar-refractivity contribution in [1.82, 2.24) is 5.48 Å². The fourth-order valence-electron chi connectivity index (χ4n) is 0.907. The largest absolute Gasteiger partial charge is 0.477 e. The first-order valence-electron chi connectivity index (χ1n) is 4.39. The quantitative estimate of drug-likeness (QED) is 0.543. The standard InChI is InChI=1S/C9H13NO4S/c1-13-4-5-14-10-6-7-2-3-8(15-7)9(11)12/h2-3,10H,4-6H2,1H3,(H,11,12). The number of carboxylic acids is 1. The van der Waals surface area contributed by atoms with Gasteiger partial charge >= 0.3 is 5.97 Å². The van der Waals surface area contributed by atoms with Crippen LogP contribution in [0.15, 0.2) is 12.1 Å². The van der Waals surface area contributed by atoms with Crippen LogP contribution in [0.25, 0.3) is 0 Å². The number of carboxylic acid groups (broad SMARTS) is 1. The van der Waals surface area contributed by atoms with E-state index in [4.69, 9.17) is 14.7 Å². The molecule has 0 saturated carbocycles. The summed E-state index contributed by atoms with van der Waals surface area (Å²) in [6.07, 6.45) is 0. The molecule has 0 aliphatic carbocycles. The van der Waals surface area contributed by atoms with Crippen molar-refractivity contribution in [1.29, 1.82) is 0 Å². The van der Waals surface area contributed by atoms with Gasteiger partial charge in [0, 0.05) is 12.0 Å². The zero-order valence-corrected chi connectivity index (χ0v) is 9.17. The highest BCUT2D eigenvalue weighted by molar-refractivity contribution is 7.13. The van der Waals surface area contributed by atoms with Gasteiger partial charge in [-0.25, -0.2) is 4.79 Å². The molecule has 15 heavy (non-hydrogen) atoms. The predicted octanol–water partition coefficient (Wildman–Crippen LogP) is 1.11. The van der Waals surface area contributed by atoms with Gasteiger partial charge in [-0.1, -0.05) is 0 Å². The second-order valence-electron chi connectivity index (χ2n) is 2.73. The van der Waals surface area contributed by atoms with Crippen molar-refractivity contribution in [2.75, 3.05) is 20.3 Å². The normalized spacial score (nSPS) is 10.5. The number of hydroxylamine groups is 1. The van der Waals surface area contributed by atoms with Crippen molar-refractivity contribution in [2.24, 2.45) is 0 Å². The Kier molecular flexibility index (Phi) is 5.27. The number of aromatic carboxylic acids is 1. The zero-order valence-electron chi connectivity index (χ0n) is 8.36. The molecule has 1 rings (SSSR count). The van der Waals surface area contributed by atoms with Crippen LogP contribution in [0.4, 0.5) is 0 Å². The molecule has 0 radical (unpaired) electrons. The second kappa shape index (κ2) is 6.52. The van der Waals surface area contributed by atoms with Gasteiger partial charge in [0.05, 0.1) is 19.8 Å². The van der Waals surface area contributed by atoms with E-state index in [2.05, 4.69) is 5.48 Å². The highest BCUT2D eigenvalue weighted by atomic mass is 32.1. The average Bonchev–Trinajstić information content (AvgIpc) is 2.66. The van der Waals surface area contributed by atoms with Gasteiger partial charge in [-0.15, -0.1) is 11.3 Å². The number of thiophene rings is 1. The molecule has 0 spiro atoms. The van der Waals surface area contributed by atoms with E-state index in [-0.39, 0.29) is 0 Å². The predicted molar refractivity (Wildman–Crippen MR) is 55.9 cm³/mol. The summed E-state index contributed by atoms with van der Waals surface area (Å²) in [7, 11) is 1.60. The molecule has 6 heteroatoms. The average molecular weight is 231 g/mol. The minimum absolute atomic E-state index is 0.337. The van der Waals surface area contributed by atoms with Crippen molar-refractivity contribution in [3.05, 3.63) is 21.9 Å². The Bertz CT molecular complexity index is 313. The highest BCUT2D eigenvalue weighted by Crippen LogP contribution is 2.15. The van der Waals surface area contributed by atoms with E-state index < -0.39 is 5.97 Å². The Morgan fingerprint density at radius 2 is 2.33 bits per heavy atom. The molecule has 0 bridgehead atoms. The van der Waals surface area contributed by atoms with Crippen LogP contribution in [0.3, 0.4) is 0 Å². The van der Waals surface area contributed by atoms with E-state index in [1.807, 2.05) is 0 Å². The molecule has 0 aliphatic heterocycles. The SMILES string of the molecule is COCCONCc1ccc(C(=O)O)s1. The van der Waals surface area contributed by atoms with Gasteiger partial charge < -0.3 is 9.84 Å². The van der Waals surface area contributed by atoms with Crippen LogP contribution >= 0.6 is 11.3 Å². The first kappa shape index (κ1) is 12.1. The number of methoxy groups -OCH3 is 1. The van der Waals surface area contributed by atoms with E-state index >= 15 is 0 Å². The number of rotatable bonds is 7. The first-order chi connectivity index (χ1) is 7.24. The minimum Gasteiger partial charge on any atom is -0.477 e. The molecule has 2 N–H and O–H groups in total. The molecule has 0 amide bonds. The lowest BCUT2D eigenvalue weighted by Crippen LogP contribution is -2.16. The molecular weight excluding hydrogens is 218 g/mol. The molecule has 0 atom stereocenters. The number of ether oxygens (including phenoxy) is 1. The Hall–Kier alpha value is -0.950. The number of hydrogen-bond donors (Lipinski definition) is 2. The van der Waals surface area contributed by atoms with Crippen LogP contribution in [0.1, 0.15) is 14.5 Å². The van der Waals surface area contributed by atoms with Gasteiger partial charge in [0.2, 0.25) is 0 Å². The lowest BCUT2D eigenvalue weighted by molar-refractivity contribution is 0.00387. The van der Waals surface area contributed by atoms with Crippen LogP contribution in [0.5, 0.6) is 0 Å². The van der Waals surface area contributed by atoms with Crippen molar-refractivity contribution in [3.63, 3.8) is 0 Å². The number of nitrogens with one attached hydrogen (secondary N) is 1. The lowest BCUT2D eigenvalue weighted by Gasteiger charge is -2.02. The maximum Gasteiger partial charge on any atom is 0.345 e. The van der Waals surface area contributed by atoms with Crippen LogP contribution < -0.4 is 5.48 Å². The molecule has 0 fully saturated rings. The van der Waals surface area contributed by atoms with E-state index in [0.717, 1.165) is 4.88 Å². The van der Waals surface area contributed by atoms with Crippen molar-refractivity contribution in [3.8, 4) is 0 Å². The fourth-order valence-corrected chi connectivity index (χ4v) is 1.68. The summed E-state index contributed by atoms with van der Waals surface area (Å²) in [6, 6.07) is 3.35. The molecular formula is C9H13NO4S. The molecule has 0 aromatic carbocycles. The summed E-state index contributed by atoms with van der Waals surface area (Å²) in [5.74, 6) is -0.897. The highest BCUT2D eigenvalue weighted by Gasteiger charge is 2.06. The van der Waals surface area contributed by atoms with E-state index in [1.165, 1.54) is 11.3 Å². The summed E-state index contributed by atoms with van der Waals surface area (Å²) < 4.78 is 4.79. The summed E-state index contributed by atoms with van der Waals surface area (Å²) in [5, 5.41) is 8.68. The molecule has 84 valence electrons. The van der Waals surface area contributed by atoms with E-state index in [0.29, 0.717) is 24.6 Å².